The Bertz CT molecular complexity index is 266. The monoisotopic (exact) mass is 179 g/mol. The number of phenolic OH excluding ortho intramolecular Hbond substituents is 1. The maximum atomic E-state index is 9.89. The summed E-state index contributed by atoms with van der Waals surface area (Å²) in [4.78, 5) is 1.92. The molecule has 1 aromatic rings. The van der Waals surface area contributed by atoms with Crippen LogP contribution >= 0.6 is 0 Å². The van der Waals surface area contributed by atoms with E-state index >= 15 is 0 Å². The van der Waals surface area contributed by atoms with Gasteiger partial charge in [0.25, 0.3) is 0 Å². The highest BCUT2D eigenvalue weighted by Crippen LogP contribution is 2.33. The largest absolute Gasteiger partial charge is 0.505 e. The third kappa shape index (κ3) is 1.94. The Kier molecular flexibility index (Phi) is 2.81. The fraction of sp³-hybridized carbons (Fsp3) is 0.455. The van der Waals surface area contributed by atoms with E-state index in [2.05, 4.69) is 13.8 Å². The average molecular weight is 179 g/mol. The van der Waals surface area contributed by atoms with E-state index in [-0.39, 0.29) is 0 Å². The van der Waals surface area contributed by atoms with E-state index in [0.29, 0.717) is 11.7 Å². The highest BCUT2D eigenvalue weighted by molar-refractivity contribution is 5.60. The number of hydrogen-bond acceptors (Lipinski definition) is 2. The number of aromatic hydroxyl groups is 1. The van der Waals surface area contributed by atoms with Gasteiger partial charge in [-0.15, -0.1) is 0 Å². The van der Waals surface area contributed by atoms with E-state index in [9.17, 15) is 5.11 Å². The minimum atomic E-state index is 0.361. The minimum Gasteiger partial charge on any atom is -0.505 e. The average Bonchev–Trinajstić information content (AvgIpc) is 2.03. The fourth-order valence-corrected chi connectivity index (χ4v) is 1.38. The van der Waals surface area contributed by atoms with Crippen LogP contribution in [-0.4, -0.2) is 19.2 Å². The van der Waals surface area contributed by atoms with Crippen LogP contribution in [0.1, 0.15) is 25.3 Å². The van der Waals surface area contributed by atoms with E-state index in [1.165, 1.54) is 0 Å². The summed E-state index contributed by atoms with van der Waals surface area (Å²) in [7, 11) is 3.86. The standard InChI is InChI=1S/C11H17NO/c1-8(2)9-6-5-7-10(11(9)13)12(3)4/h5-8,13H,1-4H3. The first-order valence-electron chi connectivity index (χ1n) is 4.53. The van der Waals surface area contributed by atoms with Crippen molar-refractivity contribution in [3.8, 4) is 5.75 Å². The van der Waals surface area contributed by atoms with E-state index in [1.807, 2.05) is 37.2 Å². The molecule has 1 N–H and O–H groups in total. The molecule has 0 fully saturated rings. The van der Waals surface area contributed by atoms with Crippen LogP contribution in [0.2, 0.25) is 0 Å². The first kappa shape index (κ1) is 9.90. The first-order chi connectivity index (χ1) is 6.04. The van der Waals surface area contributed by atoms with Crippen molar-refractivity contribution in [1.82, 2.24) is 0 Å². The topological polar surface area (TPSA) is 23.5 Å². The molecule has 2 heteroatoms. The lowest BCUT2D eigenvalue weighted by atomic mass is 10.0. The van der Waals surface area contributed by atoms with Gasteiger partial charge in [-0.05, 0) is 17.5 Å². The molecule has 0 saturated carbocycles. The molecule has 0 bridgehead atoms. The SMILES string of the molecule is CC(C)c1cccc(N(C)C)c1O. The van der Waals surface area contributed by atoms with E-state index in [4.69, 9.17) is 0 Å². The van der Waals surface area contributed by atoms with Crippen molar-refractivity contribution in [3.05, 3.63) is 23.8 Å². The lowest BCUT2D eigenvalue weighted by molar-refractivity contribution is 0.465. The van der Waals surface area contributed by atoms with Crippen molar-refractivity contribution < 1.29 is 5.11 Å². The lowest BCUT2D eigenvalue weighted by Gasteiger charge is -2.17. The summed E-state index contributed by atoms with van der Waals surface area (Å²) in [6, 6.07) is 5.86. The molecular weight excluding hydrogens is 162 g/mol. The zero-order valence-electron chi connectivity index (χ0n) is 8.70. The molecule has 0 spiro atoms. The van der Waals surface area contributed by atoms with Gasteiger partial charge < -0.3 is 10.0 Å². The van der Waals surface area contributed by atoms with E-state index < -0.39 is 0 Å². The zero-order valence-corrected chi connectivity index (χ0v) is 8.70. The molecule has 0 atom stereocenters. The number of hydrogen-bond donors (Lipinski definition) is 1. The second kappa shape index (κ2) is 3.69. The summed E-state index contributed by atoms with van der Waals surface area (Å²) in [6.45, 7) is 4.16. The van der Waals surface area contributed by atoms with Gasteiger partial charge in [-0.25, -0.2) is 0 Å². The maximum absolute atomic E-state index is 9.89. The molecule has 1 rings (SSSR count). The number of phenols is 1. The Hall–Kier alpha value is -1.18. The third-order valence-corrected chi connectivity index (χ3v) is 2.15. The van der Waals surface area contributed by atoms with Gasteiger partial charge in [-0.3, -0.25) is 0 Å². The van der Waals surface area contributed by atoms with Gasteiger partial charge in [0.15, 0.2) is 0 Å². The highest BCUT2D eigenvalue weighted by Gasteiger charge is 2.10. The molecule has 0 aliphatic heterocycles. The molecule has 0 amide bonds. The number of para-hydroxylation sites is 1. The normalized spacial score (nSPS) is 10.5. The van der Waals surface area contributed by atoms with Crippen LogP contribution in [0, 0.1) is 0 Å². The Balaban J connectivity index is 3.18. The van der Waals surface area contributed by atoms with Gasteiger partial charge in [-0.2, -0.15) is 0 Å². The van der Waals surface area contributed by atoms with Crippen molar-refractivity contribution >= 4 is 5.69 Å². The second-order valence-corrected chi connectivity index (χ2v) is 3.76. The summed E-state index contributed by atoms with van der Waals surface area (Å²) < 4.78 is 0. The molecule has 1 aromatic carbocycles. The molecule has 0 aliphatic rings. The summed E-state index contributed by atoms with van der Waals surface area (Å²) in [5, 5.41) is 9.89. The van der Waals surface area contributed by atoms with Crippen LogP contribution in [0.25, 0.3) is 0 Å². The summed E-state index contributed by atoms with van der Waals surface area (Å²) in [5.74, 6) is 0.766. The summed E-state index contributed by atoms with van der Waals surface area (Å²) in [6.07, 6.45) is 0. The maximum Gasteiger partial charge on any atom is 0.142 e. The van der Waals surface area contributed by atoms with Crippen molar-refractivity contribution in [2.24, 2.45) is 0 Å². The molecule has 0 aliphatic carbocycles. The Morgan fingerprint density at radius 3 is 2.31 bits per heavy atom. The molecule has 0 aromatic heterocycles. The predicted molar refractivity (Wildman–Crippen MR) is 56.5 cm³/mol. The van der Waals surface area contributed by atoms with Gasteiger partial charge in [0.05, 0.1) is 5.69 Å². The van der Waals surface area contributed by atoms with E-state index in [0.717, 1.165) is 11.3 Å². The molecule has 13 heavy (non-hydrogen) atoms. The molecule has 0 unspecified atom stereocenters. The molecule has 0 radical (unpaired) electrons. The first-order valence-corrected chi connectivity index (χ1v) is 4.53. The molecular formula is C11H17NO. The van der Waals surface area contributed by atoms with Crippen LogP contribution in [0.3, 0.4) is 0 Å². The Morgan fingerprint density at radius 1 is 1.23 bits per heavy atom. The summed E-state index contributed by atoms with van der Waals surface area (Å²) in [5.41, 5.74) is 1.89. The van der Waals surface area contributed by atoms with Crippen molar-refractivity contribution in [2.75, 3.05) is 19.0 Å². The lowest BCUT2D eigenvalue weighted by Crippen LogP contribution is -2.09. The van der Waals surface area contributed by atoms with Crippen molar-refractivity contribution in [1.29, 1.82) is 0 Å². The van der Waals surface area contributed by atoms with Crippen LogP contribution < -0.4 is 4.90 Å². The number of benzene rings is 1. The van der Waals surface area contributed by atoms with Gasteiger partial charge in [0, 0.05) is 14.1 Å². The van der Waals surface area contributed by atoms with Gasteiger partial charge in [0.1, 0.15) is 5.75 Å². The number of rotatable bonds is 2. The van der Waals surface area contributed by atoms with Crippen LogP contribution in [0.5, 0.6) is 5.75 Å². The number of nitrogens with zero attached hydrogens (tertiary/aromatic N) is 1. The smallest absolute Gasteiger partial charge is 0.142 e. The predicted octanol–water partition coefficient (Wildman–Crippen LogP) is 2.58. The molecule has 2 nitrogen and oxygen atoms in total. The molecule has 0 heterocycles. The second-order valence-electron chi connectivity index (χ2n) is 3.76. The van der Waals surface area contributed by atoms with Crippen molar-refractivity contribution in [2.45, 2.75) is 19.8 Å². The Labute approximate surface area is 79.8 Å². The quantitative estimate of drug-likeness (QED) is 0.754. The Morgan fingerprint density at radius 2 is 1.85 bits per heavy atom. The van der Waals surface area contributed by atoms with Crippen LogP contribution in [-0.2, 0) is 0 Å². The minimum absolute atomic E-state index is 0.361. The van der Waals surface area contributed by atoms with Crippen LogP contribution in [0.15, 0.2) is 18.2 Å². The highest BCUT2D eigenvalue weighted by atomic mass is 16.3. The number of anilines is 1. The molecule has 0 saturated heterocycles. The van der Waals surface area contributed by atoms with Crippen molar-refractivity contribution in [3.63, 3.8) is 0 Å². The third-order valence-electron chi connectivity index (χ3n) is 2.15. The van der Waals surface area contributed by atoms with Gasteiger partial charge in [0.2, 0.25) is 0 Å². The van der Waals surface area contributed by atoms with E-state index in [1.54, 1.807) is 0 Å². The van der Waals surface area contributed by atoms with Crippen LogP contribution in [0.4, 0.5) is 5.69 Å². The fourth-order valence-electron chi connectivity index (χ4n) is 1.38. The zero-order chi connectivity index (χ0) is 10.0. The van der Waals surface area contributed by atoms with Gasteiger partial charge in [-0.1, -0.05) is 26.0 Å². The molecule has 72 valence electrons. The summed E-state index contributed by atoms with van der Waals surface area (Å²) >= 11 is 0. The van der Waals surface area contributed by atoms with Gasteiger partial charge >= 0.3 is 0 Å².